The van der Waals surface area contributed by atoms with E-state index in [1.807, 2.05) is 0 Å². The Bertz CT molecular complexity index is 239. The molecule has 4 heteroatoms. The van der Waals surface area contributed by atoms with Gasteiger partial charge in [-0.15, -0.1) is 0 Å². The summed E-state index contributed by atoms with van der Waals surface area (Å²) in [4.78, 5) is 0. The Labute approximate surface area is 59.4 Å². The number of nitrogens with two attached hydrogens (primary N) is 2. The van der Waals surface area contributed by atoms with E-state index in [0.29, 0.717) is 0 Å². The molecule has 10 heavy (non-hydrogen) atoms. The number of hydrogen-bond acceptors (Lipinski definition) is 2. The molecule has 0 spiro atoms. The van der Waals surface area contributed by atoms with Crippen molar-refractivity contribution in [1.82, 2.24) is 0 Å². The number of halogens is 1. The summed E-state index contributed by atoms with van der Waals surface area (Å²) >= 11 is 0. The smallest absolute Gasteiger partial charge is 0.124 e. The van der Waals surface area contributed by atoms with E-state index in [1.54, 1.807) is 0 Å². The Morgan fingerprint density at radius 3 is 2.40 bits per heavy atom. The molecule has 0 amide bonds. The van der Waals surface area contributed by atoms with E-state index in [4.69, 9.17) is 19.3 Å². The second-order valence-electron chi connectivity index (χ2n) is 2.00. The maximum absolute atomic E-state index is 12.4. The van der Waals surface area contributed by atoms with Crippen LogP contribution in [0.2, 0.25) is 0 Å². The van der Waals surface area contributed by atoms with Gasteiger partial charge in [0.15, 0.2) is 0 Å². The predicted octanol–water partition coefficient (Wildman–Crippen LogP) is -0.216. The quantitative estimate of drug-likeness (QED) is 0.382. The minimum Gasteiger partial charge on any atom is -0.398 e. The predicted molar refractivity (Wildman–Crippen MR) is 40.6 cm³/mol. The molecule has 50 valence electrons. The van der Waals surface area contributed by atoms with Gasteiger partial charge >= 0.3 is 0 Å². The number of benzene rings is 1. The summed E-state index contributed by atoms with van der Waals surface area (Å²) in [5.41, 5.74) is 11.2. The van der Waals surface area contributed by atoms with Gasteiger partial charge in [-0.3, -0.25) is 0 Å². The summed E-state index contributed by atoms with van der Waals surface area (Å²) in [6.45, 7) is 0. The van der Waals surface area contributed by atoms with Crippen LogP contribution in [0.3, 0.4) is 0 Å². The molecule has 0 saturated carbocycles. The summed E-state index contributed by atoms with van der Waals surface area (Å²) in [5.74, 6) is -0.468. The maximum Gasteiger partial charge on any atom is 0.124 e. The molecule has 0 aliphatic carbocycles. The SMILES string of the molecule is [B]c1cc(F)cc(N)c1N. The lowest BCUT2D eigenvalue weighted by Crippen LogP contribution is -2.12. The minimum absolute atomic E-state index is 0.178. The van der Waals surface area contributed by atoms with Crippen LogP contribution in [-0.4, -0.2) is 7.85 Å². The number of nitrogen functional groups attached to an aromatic ring is 2. The zero-order valence-electron chi connectivity index (χ0n) is 5.26. The molecule has 0 unspecified atom stereocenters. The normalized spacial score (nSPS) is 9.70. The first-order valence-electron chi connectivity index (χ1n) is 2.71. The summed E-state index contributed by atoms with van der Waals surface area (Å²) < 4.78 is 12.4. The van der Waals surface area contributed by atoms with Crippen molar-refractivity contribution in [3.8, 4) is 0 Å². The Morgan fingerprint density at radius 2 is 1.90 bits per heavy atom. The van der Waals surface area contributed by atoms with Crippen molar-refractivity contribution in [1.29, 1.82) is 0 Å². The van der Waals surface area contributed by atoms with E-state index in [9.17, 15) is 4.39 Å². The molecule has 0 bridgehead atoms. The van der Waals surface area contributed by atoms with Crippen molar-refractivity contribution in [2.45, 2.75) is 0 Å². The van der Waals surface area contributed by atoms with Crippen molar-refractivity contribution < 1.29 is 4.39 Å². The molecule has 1 rings (SSSR count). The molecule has 0 aromatic heterocycles. The number of anilines is 2. The topological polar surface area (TPSA) is 52.0 Å². The van der Waals surface area contributed by atoms with Gasteiger partial charge in [-0.1, -0.05) is 5.46 Å². The molecule has 1 aromatic rings. The lowest BCUT2D eigenvalue weighted by molar-refractivity contribution is 0.630. The van der Waals surface area contributed by atoms with Gasteiger partial charge in [-0.2, -0.15) is 0 Å². The molecule has 2 radical (unpaired) electrons. The van der Waals surface area contributed by atoms with Crippen molar-refractivity contribution in [3.63, 3.8) is 0 Å². The van der Waals surface area contributed by atoms with Crippen LogP contribution >= 0.6 is 0 Å². The fraction of sp³-hybridized carbons (Fsp3) is 0. The number of rotatable bonds is 0. The summed E-state index contributed by atoms with van der Waals surface area (Å²) in [6, 6.07) is 2.26. The molecule has 0 atom stereocenters. The molecule has 0 aliphatic heterocycles. The van der Waals surface area contributed by atoms with Gasteiger partial charge in [-0.05, 0) is 12.1 Å². The van der Waals surface area contributed by atoms with E-state index < -0.39 is 5.82 Å². The van der Waals surface area contributed by atoms with Crippen LogP contribution in [0.25, 0.3) is 0 Å². The second-order valence-corrected chi connectivity index (χ2v) is 2.00. The Balaban J connectivity index is 3.31. The monoisotopic (exact) mass is 136 g/mol. The van der Waals surface area contributed by atoms with Gasteiger partial charge in [0.05, 0.1) is 5.69 Å². The molecule has 1 aromatic carbocycles. The molecule has 0 heterocycles. The molecule has 0 saturated heterocycles. The second kappa shape index (κ2) is 2.21. The van der Waals surface area contributed by atoms with Crippen molar-refractivity contribution >= 4 is 24.7 Å². The van der Waals surface area contributed by atoms with Crippen LogP contribution in [-0.2, 0) is 0 Å². The van der Waals surface area contributed by atoms with Gasteiger partial charge in [0.2, 0.25) is 0 Å². The van der Waals surface area contributed by atoms with Crippen molar-refractivity contribution in [2.24, 2.45) is 0 Å². The summed E-state index contributed by atoms with van der Waals surface area (Å²) in [7, 11) is 5.28. The van der Waals surface area contributed by atoms with Crippen LogP contribution in [0, 0.1) is 5.82 Å². The van der Waals surface area contributed by atoms with Crippen LogP contribution in [0.4, 0.5) is 15.8 Å². The van der Waals surface area contributed by atoms with Gasteiger partial charge in [-0.25, -0.2) is 4.39 Å². The van der Waals surface area contributed by atoms with Crippen LogP contribution < -0.4 is 16.9 Å². The van der Waals surface area contributed by atoms with Crippen LogP contribution in [0.5, 0.6) is 0 Å². The minimum atomic E-state index is -0.468. The first kappa shape index (κ1) is 6.93. The van der Waals surface area contributed by atoms with E-state index in [1.165, 1.54) is 0 Å². The third-order valence-corrected chi connectivity index (χ3v) is 1.21. The highest BCUT2D eigenvalue weighted by atomic mass is 19.1. The van der Waals surface area contributed by atoms with E-state index in [2.05, 4.69) is 0 Å². The fourth-order valence-corrected chi connectivity index (χ4v) is 0.661. The van der Waals surface area contributed by atoms with Gasteiger partial charge in [0.25, 0.3) is 0 Å². The zero-order valence-corrected chi connectivity index (χ0v) is 5.26. The highest BCUT2D eigenvalue weighted by molar-refractivity contribution is 6.36. The molecular weight excluding hydrogens is 130 g/mol. The average molecular weight is 136 g/mol. The zero-order chi connectivity index (χ0) is 7.72. The van der Waals surface area contributed by atoms with Gasteiger partial charge < -0.3 is 11.5 Å². The van der Waals surface area contributed by atoms with Crippen molar-refractivity contribution in [2.75, 3.05) is 11.5 Å². The van der Waals surface area contributed by atoms with Crippen molar-refractivity contribution in [3.05, 3.63) is 17.9 Å². The van der Waals surface area contributed by atoms with Crippen LogP contribution in [0.15, 0.2) is 12.1 Å². The largest absolute Gasteiger partial charge is 0.398 e. The standard InChI is InChI=1S/C6H6BFN2/c7-4-1-3(8)2-5(9)6(4)10/h1-2H,9-10H2. The first-order valence-corrected chi connectivity index (χ1v) is 2.71. The number of hydrogen-bond donors (Lipinski definition) is 2. The van der Waals surface area contributed by atoms with Crippen LogP contribution in [0.1, 0.15) is 0 Å². The van der Waals surface area contributed by atoms with E-state index in [0.717, 1.165) is 12.1 Å². The molecule has 4 N–H and O–H groups in total. The highest BCUT2D eigenvalue weighted by Crippen LogP contribution is 2.11. The maximum atomic E-state index is 12.4. The Kier molecular flexibility index (Phi) is 1.53. The summed E-state index contributed by atoms with van der Waals surface area (Å²) in [5, 5.41) is 0. The van der Waals surface area contributed by atoms with Gasteiger partial charge in [0, 0.05) is 5.69 Å². The Hall–Kier alpha value is -1.19. The molecule has 2 nitrogen and oxygen atoms in total. The average Bonchev–Trinajstić information content (AvgIpc) is 1.82. The Morgan fingerprint density at radius 1 is 1.30 bits per heavy atom. The summed E-state index contributed by atoms with van der Waals surface area (Å²) in [6.07, 6.45) is 0. The lowest BCUT2D eigenvalue weighted by Gasteiger charge is -2.02. The van der Waals surface area contributed by atoms with E-state index >= 15 is 0 Å². The molecule has 0 fully saturated rings. The fourth-order valence-electron chi connectivity index (χ4n) is 0.661. The molecular formula is C6H6BFN2. The third kappa shape index (κ3) is 1.05. The van der Waals surface area contributed by atoms with Gasteiger partial charge in [0.1, 0.15) is 13.7 Å². The highest BCUT2D eigenvalue weighted by Gasteiger charge is 1.99. The lowest BCUT2D eigenvalue weighted by atomic mass is 9.93. The molecule has 0 aliphatic rings. The first-order chi connectivity index (χ1) is 4.61. The third-order valence-electron chi connectivity index (χ3n) is 1.21. The van der Waals surface area contributed by atoms with E-state index in [-0.39, 0.29) is 16.8 Å².